The van der Waals surface area contributed by atoms with Gasteiger partial charge >= 0.3 is 0 Å². The first kappa shape index (κ1) is 11.1. The number of rotatable bonds is 4. The van der Waals surface area contributed by atoms with E-state index in [0.717, 1.165) is 24.2 Å². The molecular formula is C10H21B. The van der Waals surface area contributed by atoms with Gasteiger partial charge in [0, 0.05) is 0 Å². The Labute approximate surface area is 73.2 Å². The molecule has 0 aliphatic heterocycles. The van der Waals surface area contributed by atoms with Gasteiger partial charge in [0.25, 0.3) is 0 Å². The van der Waals surface area contributed by atoms with Crippen molar-refractivity contribution >= 4 is 7.85 Å². The highest BCUT2D eigenvalue weighted by Crippen LogP contribution is 2.28. The zero-order valence-corrected chi connectivity index (χ0v) is 8.59. The molecule has 0 bridgehead atoms. The van der Waals surface area contributed by atoms with Crippen LogP contribution >= 0.6 is 0 Å². The van der Waals surface area contributed by atoms with Gasteiger partial charge in [0.15, 0.2) is 0 Å². The van der Waals surface area contributed by atoms with E-state index in [-0.39, 0.29) is 0 Å². The summed E-state index contributed by atoms with van der Waals surface area (Å²) < 4.78 is 0. The Morgan fingerprint density at radius 2 is 1.27 bits per heavy atom. The van der Waals surface area contributed by atoms with Crippen LogP contribution in [0.15, 0.2) is 0 Å². The van der Waals surface area contributed by atoms with Crippen LogP contribution in [0.4, 0.5) is 0 Å². The molecule has 0 spiro atoms. The molecule has 0 aliphatic carbocycles. The van der Waals surface area contributed by atoms with E-state index >= 15 is 0 Å². The summed E-state index contributed by atoms with van der Waals surface area (Å²) in [5.41, 5.74) is 0. The molecule has 0 heterocycles. The molecule has 0 saturated carbocycles. The topological polar surface area (TPSA) is 0 Å². The van der Waals surface area contributed by atoms with E-state index in [4.69, 9.17) is 7.85 Å². The van der Waals surface area contributed by atoms with Gasteiger partial charge in [-0.3, -0.25) is 0 Å². The Kier molecular flexibility index (Phi) is 4.87. The standard InChI is InChI=1S/C10H21B/c1-7(2)10(8(3)4)6-9(5)11/h7-10H,6H2,1-5H3. The fourth-order valence-electron chi connectivity index (χ4n) is 1.74. The Morgan fingerprint density at radius 1 is 0.909 bits per heavy atom. The fourth-order valence-corrected chi connectivity index (χ4v) is 1.74. The Hall–Kier alpha value is 0.0649. The van der Waals surface area contributed by atoms with E-state index in [0.29, 0.717) is 5.82 Å². The molecule has 1 atom stereocenters. The lowest BCUT2D eigenvalue weighted by Gasteiger charge is -2.26. The quantitative estimate of drug-likeness (QED) is 0.542. The van der Waals surface area contributed by atoms with E-state index in [1.165, 1.54) is 0 Å². The molecule has 11 heavy (non-hydrogen) atoms. The van der Waals surface area contributed by atoms with E-state index in [1.807, 2.05) is 0 Å². The van der Waals surface area contributed by atoms with Gasteiger partial charge in [-0.2, -0.15) is 0 Å². The number of hydrogen-bond acceptors (Lipinski definition) is 0. The lowest BCUT2D eigenvalue weighted by Crippen LogP contribution is -2.17. The average molecular weight is 152 g/mol. The first-order valence-electron chi connectivity index (χ1n) is 4.70. The zero-order chi connectivity index (χ0) is 9.02. The second-order valence-electron chi connectivity index (χ2n) is 4.36. The third kappa shape index (κ3) is 4.50. The molecule has 0 rings (SSSR count). The van der Waals surface area contributed by atoms with Gasteiger partial charge in [-0.05, 0) is 17.8 Å². The third-order valence-electron chi connectivity index (χ3n) is 2.36. The van der Waals surface area contributed by atoms with Gasteiger partial charge in [0.2, 0.25) is 0 Å². The summed E-state index contributed by atoms with van der Waals surface area (Å²) in [6.07, 6.45) is 1.16. The van der Waals surface area contributed by atoms with Crippen molar-refractivity contribution in [1.29, 1.82) is 0 Å². The predicted molar refractivity (Wildman–Crippen MR) is 53.0 cm³/mol. The maximum atomic E-state index is 5.77. The first-order chi connectivity index (χ1) is 4.95. The van der Waals surface area contributed by atoms with Crippen molar-refractivity contribution in [3.8, 4) is 0 Å². The van der Waals surface area contributed by atoms with Crippen molar-refractivity contribution in [2.45, 2.75) is 46.9 Å². The predicted octanol–water partition coefficient (Wildman–Crippen LogP) is 3.28. The molecule has 2 radical (unpaired) electrons. The fraction of sp³-hybridized carbons (Fsp3) is 1.00. The Balaban J connectivity index is 3.90. The highest BCUT2D eigenvalue weighted by Gasteiger charge is 2.17. The minimum absolute atomic E-state index is 0.352. The molecule has 0 aromatic rings. The van der Waals surface area contributed by atoms with E-state index < -0.39 is 0 Å². The van der Waals surface area contributed by atoms with Crippen LogP contribution in [0.5, 0.6) is 0 Å². The van der Waals surface area contributed by atoms with Crippen LogP contribution in [-0.2, 0) is 0 Å². The van der Waals surface area contributed by atoms with Crippen LogP contribution in [0.25, 0.3) is 0 Å². The van der Waals surface area contributed by atoms with Crippen LogP contribution < -0.4 is 0 Å². The molecule has 0 amide bonds. The highest BCUT2D eigenvalue weighted by atomic mass is 14.2. The van der Waals surface area contributed by atoms with Gasteiger partial charge in [-0.1, -0.05) is 46.9 Å². The lowest BCUT2D eigenvalue weighted by atomic mass is 9.73. The summed E-state index contributed by atoms with van der Waals surface area (Å²) in [6, 6.07) is 0. The Morgan fingerprint density at radius 3 is 1.36 bits per heavy atom. The second kappa shape index (κ2) is 4.85. The molecule has 1 heteroatoms. The van der Waals surface area contributed by atoms with Crippen LogP contribution in [0.2, 0.25) is 5.82 Å². The molecule has 0 aromatic heterocycles. The maximum Gasteiger partial charge on any atom is 0.0695 e. The Bertz CT molecular complexity index is 87.0. The molecule has 0 saturated heterocycles. The van der Waals surface area contributed by atoms with Crippen LogP contribution in [0, 0.1) is 17.8 Å². The SMILES string of the molecule is [B]C(C)CC(C(C)C)C(C)C. The van der Waals surface area contributed by atoms with Gasteiger partial charge in [0.05, 0.1) is 7.85 Å². The van der Waals surface area contributed by atoms with Crippen molar-refractivity contribution in [2.75, 3.05) is 0 Å². The monoisotopic (exact) mass is 152 g/mol. The summed E-state index contributed by atoms with van der Waals surface area (Å²) in [5.74, 6) is 2.67. The minimum Gasteiger partial charge on any atom is -0.0799 e. The van der Waals surface area contributed by atoms with Gasteiger partial charge in [-0.25, -0.2) is 0 Å². The summed E-state index contributed by atoms with van der Waals surface area (Å²) >= 11 is 0. The minimum atomic E-state index is 0.352. The maximum absolute atomic E-state index is 5.77. The zero-order valence-electron chi connectivity index (χ0n) is 8.59. The van der Waals surface area contributed by atoms with Crippen molar-refractivity contribution in [3.63, 3.8) is 0 Å². The average Bonchev–Trinajstić information content (AvgIpc) is 1.81. The van der Waals surface area contributed by atoms with Crippen molar-refractivity contribution in [2.24, 2.45) is 17.8 Å². The molecule has 64 valence electrons. The molecule has 0 aliphatic rings. The van der Waals surface area contributed by atoms with Crippen molar-refractivity contribution < 1.29 is 0 Å². The third-order valence-corrected chi connectivity index (χ3v) is 2.36. The highest BCUT2D eigenvalue weighted by molar-refractivity contribution is 6.11. The van der Waals surface area contributed by atoms with Crippen molar-refractivity contribution in [3.05, 3.63) is 0 Å². The van der Waals surface area contributed by atoms with Gasteiger partial charge < -0.3 is 0 Å². The molecule has 0 nitrogen and oxygen atoms in total. The summed E-state index contributed by atoms with van der Waals surface area (Å²) in [4.78, 5) is 0. The summed E-state index contributed by atoms with van der Waals surface area (Å²) in [5, 5.41) is 0. The number of hydrogen-bond donors (Lipinski definition) is 0. The largest absolute Gasteiger partial charge is 0.0799 e. The molecule has 0 fully saturated rings. The van der Waals surface area contributed by atoms with Crippen molar-refractivity contribution in [1.82, 2.24) is 0 Å². The van der Waals surface area contributed by atoms with E-state index in [9.17, 15) is 0 Å². The van der Waals surface area contributed by atoms with Crippen LogP contribution in [-0.4, -0.2) is 7.85 Å². The normalized spacial score (nSPS) is 14.9. The first-order valence-corrected chi connectivity index (χ1v) is 4.70. The van der Waals surface area contributed by atoms with Gasteiger partial charge in [0.1, 0.15) is 0 Å². The van der Waals surface area contributed by atoms with E-state index in [2.05, 4.69) is 34.6 Å². The smallest absolute Gasteiger partial charge is 0.0695 e. The van der Waals surface area contributed by atoms with E-state index in [1.54, 1.807) is 0 Å². The van der Waals surface area contributed by atoms with Crippen LogP contribution in [0.1, 0.15) is 41.0 Å². The molecular weight excluding hydrogens is 131 g/mol. The van der Waals surface area contributed by atoms with Crippen LogP contribution in [0.3, 0.4) is 0 Å². The second-order valence-corrected chi connectivity index (χ2v) is 4.36. The molecule has 1 unspecified atom stereocenters. The lowest BCUT2D eigenvalue weighted by molar-refractivity contribution is 0.268. The molecule has 0 aromatic carbocycles. The molecule has 0 N–H and O–H groups in total. The van der Waals surface area contributed by atoms with Gasteiger partial charge in [-0.15, -0.1) is 0 Å². The summed E-state index contributed by atoms with van der Waals surface area (Å²) in [6.45, 7) is 11.2. The summed E-state index contributed by atoms with van der Waals surface area (Å²) in [7, 11) is 5.77.